The normalized spacial score (nSPS) is 10.4. The van der Waals surface area contributed by atoms with Crippen molar-refractivity contribution in [3.63, 3.8) is 0 Å². The Kier molecular flexibility index (Phi) is 5.06. The van der Waals surface area contributed by atoms with Crippen molar-refractivity contribution >= 4 is 17.2 Å². The highest BCUT2D eigenvalue weighted by Gasteiger charge is 2.10. The van der Waals surface area contributed by atoms with Crippen molar-refractivity contribution in [3.8, 4) is 10.6 Å². The van der Waals surface area contributed by atoms with Gasteiger partial charge in [-0.25, -0.2) is 4.98 Å². The average Bonchev–Trinajstić information content (AvgIpc) is 2.94. The van der Waals surface area contributed by atoms with Gasteiger partial charge < -0.3 is 10.6 Å². The molecule has 1 amide bonds. The molecule has 1 aromatic heterocycles. The van der Waals surface area contributed by atoms with Gasteiger partial charge in [-0.05, 0) is 20.0 Å². The van der Waals surface area contributed by atoms with Gasteiger partial charge in [0.05, 0.1) is 6.20 Å². The van der Waals surface area contributed by atoms with Crippen LogP contribution in [0.15, 0.2) is 36.5 Å². The van der Waals surface area contributed by atoms with E-state index in [4.69, 9.17) is 0 Å². The predicted octanol–water partition coefficient (Wildman–Crippen LogP) is 2.15. The molecule has 100 valence electrons. The van der Waals surface area contributed by atoms with E-state index in [1.807, 2.05) is 37.4 Å². The molecule has 0 bridgehead atoms. The number of thiazole rings is 1. The second kappa shape index (κ2) is 7.01. The number of nitrogens with one attached hydrogen (secondary N) is 2. The molecule has 2 rings (SSSR count). The summed E-state index contributed by atoms with van der Waals surface area (Å²) in [5.74, 6) is -0.0456. The van der Waals surface area contributed by atoms with Gasteiger partial charge in [-0.1, -0.05) is 30.3 Å². The lowest BCUT2D eigenvalue weighted by Gasteiger charge is -2.02. The van der Waals surface area contributed by atoms with E-state index in [1.54, 1.807) is 6.20 Å². The number of amides is 1. The Labute approximate surface area is 116 Å². The lowest BCUT2D eigenvalue weighted by molar-refractivity contribution is 0.0957. The van der Waals surface area contributed by atoms with Gasteiger partial charge in [0.1, 0.15) is 9.88 Å². The quantitative estimate of drug-likeness (QED) is 0.794. The summed E-state index contributed by atoms with van der Waals surface area (Å²) in [4.78, 5) is 16.8. The first-order valence-corrected chi connectivity index (χ1v) is 7.07. The van der Waals surface area contributed by atoms with E-state index in [-0.39, 0.29) is 5.91 Å². The highest BCUT2D eigenvalue weighted by molar-refractivity contribution is 7.16. The third-order valence-electron chi connectivity index (χ3n) is 2.64. The fraction of sp³-hybridized carbons (Fsp3) is 0.286. The number of carbonyl (C=O) groups is 1. The minimum atomic E-state index is -0.0456. The highest BCUT2D eigenvalue weighted by atomic mass is 32.1. The van der Waals surface area contributed by atoms with Gasteiger partial charge in [-0.3, -0.25) is 4.79 Å². The molecule has 0 spiro atoms. The van der Waals surface area contributed by atoms with Crippen molar-refractivity contribution in [2.45, 2.75) is 6.42 Å². The summed E-state index contributed by atoms with van der Waals surface area (Å²) in [7, 11) is 1.90. The number of nitrogens with zero attached hydrogens (tertiary/aromatic N) is 1. The fourth-order valence-corrected chi connectivity index (χ4v) is 2.49. The predicted molar refractivity (Wildman–Crippen MR) is 78.4 cm³/mol. The van der Waals surface area contributed by atoms with Crippen LogP contribution in [0.4, 0.5) is 0 Å². The molecule has 0 aliphatic heterocycles. The Morgan fingerprint density at radius 1 is 1.26 bits per heavy atom. The second-order valence-corrected chi connectivity index (χ2v) is 5.14. The summed E-state index contributed by atoms with van der Waals surface area (Å²) in [6, 6.07) is 9.88. The second-order valence-electron chi connectivity index (χ2n) is 4.11. The molecule has 0 saturated carbocycles. The first kappa shape index (κ1) is 13.7. The van der Waals surface area contributed by atoms with Gasteiger partial charge in [0.15, 0.2) is 0 Å². The van der Waals surface area contributed by atoms with E-state index in [2.05, 4.69) is 15.6 Å². The molecule has 4 nitrogen and oxygen atoms in total. The molecular formula is C14H17N3OS. The molecule has 1 heterocycles. The average molecular weight is 275 g/mol. The summed E-state index contributed by atoms with van der Waals surface area (Å²) in [6.07, 6.45) is 2.56. The third kappa shape index (κ3) is 3.87. The van der Waals surface area contributed by atoms with Crippen LogP contribution in [-0.2, 0) is 0 Å². The van der Waals surface area contributed by atoms with Gasteiger partial charge >= 0.3 is 0 Å². The van der Waals surface area contributed by atoms with E-state index < -0.39 is 0 Å². The first-order chi connectivity index (χ1) is 9.31. The topological polar surface area (TPSA) is 54.0 Å². The Hall–Kier alpha value is -1.72. The van der Waals surface area contributed by atoms with Crippen LogP contribution in [0.1, 0.15) is 16.1 Å². The lowest BCUT2D eigenvalue weighted by Crippen LogP contribution is -2.25. The van der Waals surface area contributed by atoms with Gasteiger partial charge in [-0.15, -0.1) is 11.3 Å². The molecule has 0 fully saturated rings. The largest absolute Gasteiger partial charge is 0.351 e. The molecule has 1 aromatic carbocycles. The van der Waals surface area contributed by atoms with E-state index in [1.165, 1.54) is 11.3 Å². The first-order valence-electron chi connectivity index (χ1n) is 6.25. The Bertz CT molecular complexity index is 524. The molecule has 0 aliphatic carbocycles. The Morgan fingerprint density at radius 3 is 2.79 bits per heavy atom. The molecule has 2 N–H and O–H groups in total. The number of rotatable bonds is 6. The number of hydrogen-bond donors (Lipinski definition) is 2. The van der Waals surface area contributed by atoms with Gasteiger partial charge in [0.2, 0.25) is 0 Å². The van der Waals surface area contributed by atoms with Crippen molar-refractivity contribution in [1.29, 1.82) is 0 Å². The van der Waals surface area contributed by atoms with E-state index in [0.29, 0.717) is 11.4 Å². The van der Waals surface area contributed by atoms with Crippen LogP contribution >= 0.6 is 11.3 Å². The van der Waals surface area contributed by atoms with Crippen molar-refractivity contribution in [3.05, 3.63) is 41.4 Å². The minimum Gasteiger partial charge on any atom is -0.351 e. The summed E-state index contributed by atoms with van der Waals surface area (Å²) in [5.41, 5.74) is 1.04. The minimum absolute atomic E-state index is 0.0456. The molecule has 0 saturated heterocycles. The number of aromatic nitrogens is 1. The summed E-state index contributed by atoms with van der Waals surface area (Å²) in [5, 5.41) is 6.81. The molecule has 0 aliphatic rings. The van der Waals surface area contributed by atoms with Gasteiger partial charge in [-0.2, -0.15) is 0 Å². The standard InChI is InChI=1S/C14H17N3OS/c1-15-8-5-9-16-13(18)12-10-17-14(19-12)11-6-3-2-4-7-11/h2-4,6-7,10,15H,5,8-9H2,1H3,(H,16,18). The van der Waals surface area contributed by atoms with Crippen LogP contribution in [0.3, 0.4) is 0 Å². The van der Waals surface area contributed by atoms with Crippen LogP contribution in [0.2, 0.25) is 0 Å². The van der Waals surface area contributed by atoms with Crippen LogP contribution in [0.5, 0.6) is 0 Å². The molecule has 0 atom stereocenters. The SMILES string of the molecule is CNCCCNC(=O)c1cnc(-c2ccccc2)s1. The molecular weight excluding hydrogens is 258 g/mol. The summed E-state index contributed by atoms with van der Waals surface area (Å²) >= 11 is 1.42. The number of benzene rings is 1. The van der Waals surface area contributed by atoms with Crippen molar-refractivity contribution in [1.82, 2.24) is 15.6 Å². The van der Waals surface area contributed by atoms with Crippen molar-refractivity contribution in [2.24, 2.45) is 0 Å². The van der Waals surface area contributed by atoms with E-state index >= 15 is 0 Å². The maximum Gasteiger partial charge on any atom is 0.263 e. The maximum atomic E-state index is 11.9. The molecule has 0 radical (unpaired) electrons. The Morgan fingerprint density at radius 2 is 2.05 bits per heavy atom. The molecule has 2 aromatic rings. The lowest BCUT2D eigenvalue weighted by atomic mass is 10.2. The smallest absolute Gasteiger partial charge is 0.263 e. The zero-order valence-corrected chi connectivity index (χ0v) is 11.7. The van der Waals surface area contributed by atoms with Gasteiger partial charge in [0, 0.05) is 12.1 Å². The van der Waals surface area contributed by atoms with E-state index in [9.17, 15) is 4.79 Å². The van der Waals surface area contributed by atoms with Crippen molar-refractivity contribution < 1.29 is 4.79 Å². The summed E-state index contributed by atoms with van der Waals surface area (Å²) in [6.45, 7) is 1.58. The molecule has 19 heavy (non-hydrogen) atoms. The zero-order chi connectivity index (χ0) is 13.5. The Balaban J connectivity index is 1.95. The van der Waals surface area contributed by atoms with Gasteiger partial charge in [0.25, 0.3) is 5.91 Å². The number of hydrogen-bond acceptors (Lipinski definition) is 4. The molecule has 5 heteroatoms. The van der Waals surface area contributed by atoms with Crippen LogP contribution in [-0.4, -0.2) is 31.0 Å². The monoisotopic (exact) mass is 275 g/mol. The van der Waals surface area contributed by atoms with Crippen molar-refractivity contribution in [2.75, 3.05) is 20.1 Å². The highest BCUT2D eigenvalue weighted by Crippen LogP contribution is 2.24. The third-order valence-corrected chi connectivity index (χ3v) is 3.68. The zero-order valence-electron chi connectivity index (χ0n) is 10.8. The molecule has 0 unspecified atom stereocenters. The maximum absolute atomic E-state index is 11.9. The summed E-state index contributed by atoms with van der Waals surface area (Å²) < 4.78 is 0. The number of carbonyl (C=O) groups excluding carboxylic acids is 1. The van der Waals surface area contributed by atoms with Crippen LogP contribution < -0.4 is 10.6 Å². The van der Waals surface area contributed by atoms with Crippen LogP contribution in [0.25, 0.3) is 10.6 Å². The van der Waals surface area contributed by atoms with Crippen LogP contribution in [0, 0.1) is 0 Å². The fourth-order valence-electron chi connectivity index (χ4n) is 1.65. The van der Waals surface area contributed by atoms with E-state index in [0.717, 1.165) is 23.5 Å².